The van der Waals surface area contributed by atoms with Gasteiger partial charge in [-0.25, -0.2) is 4.79 Å². The average molecular weight is 534 g/mol. The third-order valence-electron chi connectivity index (χ3n) is 6.16. The molecule has 2 aromatic carbocycles. The third-order valence-corrected chi connectivity index (χ3v) is 6.16. The number of hydrogen-bond donors (Lipinski definition) is 4. The minimum Gasteiger partial charge on any atom is -0.507 e. The number of nitrogens with two attached hydrogens (primary N) is 1. The molecule has 9 nitrogen and oxygen atoms in total. The van der Waals surface area contributed by atoms with Crippen LogP contribution in [-0.4, -0.2) is 65.7 Å². The van der Waals surface area contributed by atoms with Crippen LogP contribution in [0.1, 0.15) is 36.5 Å². The summed E-state index contributed by atoms with van der Waals surface area (Å²) in [5.74, 6) is -0.340. The Labute approximate surface area is 218 Å². The summed E-state index contributed by atoms with van der Waals surface area (Å²) in [4.78, 5) is 19.6. The Bertz CT molecular complexity index is 1240. The summed E-state index contributed by atoms with van der Waals surface area (Å²) in [6.45, 7) is 2.82. The van der Waals surface area contributed by atoms with Gasteiger partial charge in [0.15, 0.2) is 0 Å². The standard InChI is InChI=1S/C26H30F3N5O4/c1-16(30)33-13-10-19(11-14-33)32-24(31)18-8-9-21(35)17(15-18)5-4-12-34(25(37)38-2)20-6-3-7-22(36)23(20)26(27,28)29/h3-9,15,19,30,35-36H,10-14H2,1-2H3,(H2,31,32)/b5-4+,30-16?. The van der Waals surface area contributed by atoms with E-state index in [9.17, 15) is 28.2 Å². The van der Waals surface area contributed by atoms with E-state index in [1.54, 1.807) is 19.1 Å². The summed E-state index contributed by atoms with van der Waals surface area (Å²) in [5, 5.41) is 27.9. The molecule has 0 aromatic heterocycles. The second-order valence-corrected chi connectivity index (χ2v) is 8.74. The first kappa shape index (κ1) is 28.4. The summed E-state index contributed by atoms with van der Waals surface area (Å²) in [6, 6.07) is 7.73. The summed E-state index contributed by atoms with van der Waals surface area (Å²) in [5.41, 5.74) is 5.13. The van der Waals surface area contributed by atoms with Crippen molar-refractivity contribution in [2.75, 3.05) is 31.6 Å². The molecule has 0 spiro atoms. The van der Waals surface area contributed by atoms with Crippen LogP contribution in [0.15, 0.2) is 47.5 Å². The summed E-state index contributed by atoms with van der Waals surface area (Å²) in [7, 11) is 1.03. The number of piperidine rings is 1. The number of rotatable bonds is 6. The summed E-state index contributed by atoms with van der Waals surface area (Å²) >= 11 is 0. The van der Waals surface area contributed by atoms with E-state index in [0.29, 0.717) is 30.1 Å². The molecule has 0 bridgehead atoms. The number of phenols is 2. The molecule has 2 aromatic rings. The predicted octanol–water partition coefficient (Wildman–Crippen LogP) is 4.57. The van der Waals surface area contributed by atoms with Crippen molar-refractivity contribution in [3.8, 4) is 11.5 Å². The van der Waals surface area contributed by atoms with Gasteiger partial charge in [0.05, 0.1) is 24.7 Å². The zero-order valence-corrected chi connectivity index (χ0v) is 21.0. The lowest BCUT2D eigenvalue weighted by atomic mass is 10.0. The van der Waals surface area contributed by atoms with E-state index in [4.69, 9.17) is 11.1 Å². The first-order valence-electron chi connectivity index (χ1n) is 11.8. The first-order valence-corrected chi connectivity index (χ1v) is 11.8. The van der Waals surface area contributed by atoms with Gasteiger partial charge in [0, 0.05) is 30.8 Å². The number of likely N-dealkylation sites (tertiary alicyclic amines) is 1. The van der Waals surface area contributed by atoms with Crippen LogP contribution in [0.4, 0.5) is 23.7 Å². The molecule has 1 aliphatic heterocycles. The van der Waals surface area contributed by atoms with Gasteiger partial charge in [-0.05, 0) is 50.1 Å². The number of nitrogens with one attached hydrogen (secondary N) is 1. The molecular formula is C26H30F3N5O4. The third kappa shape index (κ3) is 6.75. The topological polar surface area (TPSA) is 135 Å². The fraction of sp³-hybridized carbons (Fsp3) is 0.346. The average Bonchev–Trinajstić information content (AvgIpc) is 2.86. The maximum absolute atomic E-state index is 13.6. The minimum atomic E-state index is -4.92. The number of benzene rings is 2. The molecule has 0 radical (unpaired) electrons. The number of amides is 1. The van der Waals surface area contributed by atoms with Crippen molar-refractivity contribution in [1.29, 1.82) is 5.41 Å². The molecule has 38 heavy (non-hydrogen) atoms. The number of carbonyl (C=O) groups is 1. The number of aromatic hydroxyl groups is 2. The lowest BCUT2D eigenvalue weighted by Gasteiger charge is -2.31. The van der Waals surface area contributed by atoms with Crippen LogP contribution in [0.2, 0.25) is 0 Å². The number of amidine groups is 2. The molecule has 12 heteroatoms. The Balaban J connectivity index is 1.82. The van der Waals surface area contributed by atoms with Crippen molar-refractivity contribution in [2.24, 2.45) is 10.7 Å². The maximum Gasteiger partial charge on any atom is 0.421 e. The Morgan fingerprint density at radius 1 is 1.24 bits per heavy atom. The van der Waals surface area contributed by atoms with Crippen LogP contribution in [0.25, 0.3) is 6.08 Å². The van der Waals surface area contributed by atoms with Crippen LogP contribution in [0.5, 0.6) is 11.5 Å². The number of carbonyl (C=O) groups excluding carboxylic acids is 1. The molecule has 0 unspecified atom stereocenters. The molecule has 1 heterocycles. The molecule has 0 saturated carbocycles. The van der Waals surface area contributed by atoms with Gasteiger partial charge in [-0.15, -0.1) is 0 Å². The van der Waals surface area contributed by atoms with Crippen LogP contribution in [0.3, 0.4) is 0 Å². The van der Waals surface area contributed by atoms with Crippen molar-refractivity contribution in [2.45, 2.75) is 32.0 Å². The molecule has 1 aliphatic rings. The normalized spacial score (nSPS) is 15.1. The van der Waals surface area contributed by atoms with E-state index in [2.05, 4.69) is 9.73 Å². The molecule has 1 saturated heterocycles. The van der Waals surface area contributed by atoms with Gasteiger partial charge in [-0.2, -0.15) is 13.2 Å². The van der Waals surface area contributed by atoms with Gasteiger partial charge in [-0.1, -0.05) is 18.2 Å². The maximum atomic E-state index is 13.6. The highest BCUT2D eigenvalue weighted by Gasteiger charge is 2.39. The highest BCUT2D eigenvalue weighted by atomic mass is 19.4. The second-order valence-electron chi connectivity index (χ2n) is 8.74. The Morgan fingerprint density at radius 2 is 1.92 bits per heavy atom. The van der Waals surface area contributed by atoms with Crippen molar-refractivity contribution < 1.29 is 32.9 Å². The number of alkyl halides is 3. The number of anilines is 1. The van der Waals surface area contributed by atoms with Crippen molar-refractivity contribution in [3.05, 3.63) is 59.2 Å². The van der Waals surface area contributed by atoms with Gasteiger partial charge < -0.3 is 25.6 Å². The smallest absolute Gasteiger partial charge is 0.421 e. The van der Waals surface area contributed by atoms with Gasteiger partial charge in [0.25, 0.3) is 0 Å². The van der Waals surface area contributed by atoms with E-state index in [1.807, 2.05) is 4.90 Å². The van der Waals surface area contributed by atoms with Crippen LogP contribution in [-0.2, 0) is 10.9 Å². The Morgan fingerprint density at radius 3 is 2.53 bits per heavy atom. The fourth-order valence-corrected chi connectivity index (χ4v) is 4.16. The van der Waals surface area contributed by atoms with Crippen LogP contribution >= 0.6 is 0 Å². The molecule has 5 N–H and O–H groups in total. The quantitative estimate of drug-likeness (QED) is 0.317. The molecule has 0 aliphatic carbocycles. The molecular weight excluding hydrogens is 503 g/mol. The van der Waals surface area contributed by atoms with E-state index < -0.39 is 29.3 Å². The van der Waals surface area contributed by atoms with Crippen LogP contribution in [0, 0.1) is 5.41 Å². The van der Waals surface area contributed by atoms with Gasteiger partial charge in [0.1, 0.15) is 22.9 Å². The predicted molar refractivity (Wildman–Crippen MR) is 139 cm³/mol. The van der Waals surface area contributed by atoms with Gasteiger partial charge in [0.2, 0.25) is 0 Å². The van der Waals surface area contributed by atoms with E-state index >= 15 is 0 Å². The van der Waals surface area contributed by atoms with Crippen molar-refractivity contribution in [3.63, 3.8) is 0 Å². The number of ether oxygens (including phenoxy) is 1. The molecule has 1 fully saturated rings. The largest absolute Gasteiger partial charge is 0.507 e. The number of halogens is 3. The Hall–Kier alpha value is -4.22. The number of hydrogen-bond acceptors (Lipinski definition) is 6. The second kappa shape index (κ2) is 11.9. The fourth-order valence-electron chi connectivity index (χ4n) is 4.16. The molecule has 204 valence electrons. The highest BCUT2D eigenvalue weighted by molar-refractivity contribution is 5.98. The Kier molecular flexibility index (Phi) is 8.87. The van der Waals surface area contributed by atoms with E-state index in [0.717, 1.165) is 37.0 Å². The SMILES string of the molecule is COC(=O)N(C/C=C/c1cc(C(N)=NC2CCN(C(C)=N)CC2)ccc1O)c1cccc(O)c1C(F)(F)F. The zero-order valence-electron chi connectivity index (χ0n) is 21.0. The number of phenolic OH excluding ortho intramolecular Hbond substituents is 2. The van der Waals surface area contributed by atoms with Gasteiger partial charge >= 0.3 is 12.3 Å². The van der Waals surface area contributed by atoms with E-state index in [1.165, 1.54) is 24.3 Å². The first-order chi connectivity index (χ1) is 17.9. The number of methoxy groups -OCH3 is 1. The summed E-state index contributed by atoms with van der Waals surface area (Å²) < 4.78 is 45.4. The lowest BCUT2D eigenvalue weighted by molar-refractivity contribution is -0.138. The lowest BCUT2D eigenvalue weighted by Crippen LogP contribution is -2.38. The zero-order chi connectivity index (χ0) is 28.0. The summed E-state index contributed by atoms with van der Waals surface area (Å²) in [6.07, 6.45) is -1.68. The van der Waals surface area contributed by atoms with Crippen LogP contribution < -0.4 is 10.6 Å². The van der Waals surface area contributed by atoms with Crippen molar-refractivity contribution in [1.82, 2.24) is 4.90 Å². The number of nitrogens with zero attached hydrogens (tertiary/aromatic N) is 3. The minimum absolute atomic E-state index is 0.00266. The monoisotopic (exact) mass is 533 g/mol. The van der Waals surface area contributed by atoms with Gasteiger partial charge in [-0.3, -0.25) is 15.3 Å². The highest BCUT2D eigenvalue weighted by Crippen LogP contribution is 2.42. The van der Waals surface area contributed by atoms with Crippen molar-refractivity contribution >= 4 is 29.5 Å². The molecule has 0 atom stereocenters. The van der Waals surface area contributed by atoms with E-state index in [-0.39, 0.29) is 24.2 Å². The molecule has 3 rings (SSSR count). The molecule has 1 amide bonds. The number of aliphatic imine (C=N–C) groups is 1.